The van der Waals surface area contributed by atoms with Gasteiger partial charge in [-0.2, -0.15) is 0 Å². The van der Waals surface area contributed by atoms with Gasteiger partial charge in [0.1, 0.15) is 5.54 Å². The first-order valence-corrected chi connectivity index (χ1v) is 8.05. The SMILES string of the molecule is CC[C@@H](CC(C)C)C(=O)NC1(C(=O)O)C[C@H](C(=O)O)[C@H](C(=O)O)C1. The summed E-state index contributed by atoms with van der Waals surface area (Å²) in [6.45, 7) is 5.70. The number of hydrogen-bond acceptors (Lipinski definition) is 4. The van der Waals surface area contributed by atoms with Crippen molar-refractivity contribution < 1.29 is 34.5 Å². The predicted molar refractivity (Wildman–Crippen MR) is 83.2 cm³/mol. The Kier molecular flexibility index (Phi) is 6.34. The molecule has 8 heteroatoms. The van der Waals surface area contributed by atoms with E-state index in [-0.39, 0.29) is 5.92 Å². The van der Waals surface area contributed by atoms with Gasteiger partial charge in [-0.25, -0.2) is 4.79 Å². The number of carboxylic acids is 3. The molecular formula is C16H25NO7. The molecule has 0 aromatic rings. The Balaban J connectivity index is 3.06. The zero-order valence-electron chi connectivity index (χ0n) is 14.1. The highest BCUT2D eigenvalue weighted by atomic mass is 16.4. The van der Waals surface area contributed by atoms with Crippen molar-refractivity contribution in [1.82, 2.24) is 5.32 Å². The average Bonchev–Trinajstić information content (AvgIpc) is 2.86. The highest BCUT2D eigenvalue weighted by Crippen LogP contribution is 2.40. The smallest absolute Gasteiger partial charge is 0.329 e. The Hall–Kier alpha value is -2.12. The molecule has 1 aliphatic carbocycles. The molecule has 0 aromatic heterocycles. The predicted octanol–water partition coefficient (Wildman–Crippen LogP) is 1.19. The number of carbonyl (C=O) groups is 4. The van der Waals surface area contributed by atoms with Crippen molar-refractivity contribution in [2.45, 2.75) is 52.0 Å². The van der Waals surface area contributed by atoms with E-state index in [0.29, 0.717) is 12.8 Å². The summed E-state index contributed by atoms with van der Waals surface area (Å²) in [5, 5.41) is 30.4. The Morgan fingerprint density at radius 3 is 1.79 bits per heavy atom. The van der Waals surface area contributed by atoms with Crippen molar-refractivity contribution in [1.29, 1.82) is 0 Å². The summed E-state index contributed by atoms with van der Waals surface area (Å²) < 4.78 is 0. The maximum atomic E-state index is 12.5. The highest BCUT2D eigenvalue weighted by molar-refractivity contribution is 5.91. The minimum absolute atomic E-state index is 0.239. The van der Waals surface area contributed by atoms with Crippen LogP contribution in [0.15, 0.2) is 0 Å². The molecule has 0 aliphatic heterocycles. The largest absolute Gasteiger partial charge is 0.481 e. The summed E-state index contributed by atoms with van der Waals surface area (Å²) in [4.78, 5) is 46.7. The maximum absolute atomic E-state index is 12.5. The van der Waals surface area contributed by atoms with Crippen LogP contribution in [0.4, 0.5) is 0 Å². The van der Waals surface area contributed by atoms with Gasteiger partial charge in [-0.1, -0.05) is 20.8 Å². The molecule has 24 heavy (non-hydrogen) atoms. The van der Waals surface area contributed by atoms with E-state index < -0.39 is 59.9 Å². The van der Waals surface area contributed by atoms with Gasteiger partial charge in [-0.05, 0) is 31.6 Å². The van der Waals surface area contributed by atoms with Crippen LogP contribution in [0, 0.1) is 23.7 Å². The zero-order chi connectivity index (χ0) is 18.7. The topological polar surface area (TPSA) is 141 Å². The molecule has 1 fully saturated rings. The summed E-state index contributed by atoms with van der Waals surface area (Å²) in [7, 11) is 0. The van der Waals surface area contributed by atoms with E-state index in [1.165, 1.54) is 0 Å². The number of amides is 1. The molecule has 136 valence electrons. The van der Waals surface area contributed by atoms with Gasteiger partial charge in [0.15, 0.2) is 0 Å². The minimum atomic E-state index is -1.85. The Morgan fingerprint density at radius 1 is 1.04 bits per heavy atom. The van der Waals surface area contributed by atoms with Crippen molar-refractivity contribution in [3.05, 3.63) is 0 Å². The number of carbonyl (C=O) groups excluding carboxylic acids is 1. The molecule has 0 aromatic carbocycles. The molecule has 8 nitrogen and oxygen atoms in total. The molecule has 1 amide bonds. The van der Waals surface area contributed by atoms with Crippen LogP contribution in [-0.2, 0) is 19.2 Å². The third kappa shape index (κ3) is 4.24. The molecule has 0 radical (unpaired) electrons. The van der Waals surface area contributed by atoms with Gasteiger partial charge in [0, 0.05) is 5.92 Å². The first-order chi connectivity index (χ1) is 11.0. The summed E-state index contributed by atoms with van der Waals surface area (Å²) in [5.74, 6) is -7.44. The quantitative estimate of drug-likeness (QED) is 0.519. The third-order valence-corrected chi connectivity index (χ3v) is 4.65. The lowest BCUT2D eigenvalue weighted by Crippen LogP contribution is -2.55. The van der Waals surface area contributed by atoms with Crippen LogP contribution in [0.2, 0.25) is 0 Å². The molecule has 0 bridgehead atoms. The molecule has 0 heterocycles. The monoisotopic (exact) mass is 343 g/mol. The first-order valence-electron chi connectivity index (χ1n) is 8.05. The van der Waals surface area contributed by atoms with E-state index in [1.807, 2.05) is 20.8 Å². The van der Waals surface area contributed by atoms with Gasteiger partial charge in [0.25, 0.3) is 0 Å². The second-order valence-electron chi connectivity index (χ2n) is 6.91. The molecular weight excluding hydrogens is 318 g/mol. The van der Waals surface area contributed by atoms with Crippen LogP contribution in [-0.4, -0.2) is 44.7 Å². The van der Waals surface area contributed by atoms with E-state index in [4.69, 9.17) is 0 Å². The summed E-state index contributed by atoms with van der Waals surface area (Å²) >= 11 is 0. The minimum Gasteiger partial charge on any atom is -0.481 e. The number of carboxylic acid groups (broad SMARTS) is 3. The van der Waals surface area contributed by atoms with Crippen molar-refractivity contribution in [2.75, 3.05) is 0 Å². The van der Waals surface area contributed by atoms with Crippen LogP contribution in [0.1, 0.15) is 46.5 Å². The van der Waals surface area contributed by atoms with Crippen molar-refractivity contribution >= 4 is 23.8 Å². The average molecular weight is 343 g/mol. The molecule has 1 aliphatic rings. The number of hydrogen-bond donors (Lipinski definition) is 4. The fraction of sp³-hybridized carbons (Fsp3) is 0.750. The summed E-state index contributed by atoms with van der Waals surface area (Å²) in [6, 6.07) is 0. The van der Waals surface area contributed by atoms with Crippen molar-refractivity contribution in [2.24, 2.45) is 23.7 Å². The molecule has 1 rings (SSSR count). The molecule has 4 atom stereocenters. The van der Waals surface area contributed by atoms with E-state index >= 15 is 0 Å². The van der Waals surface area contributed by atoms with Gasteiger partial charge < -0.3 is 20.6 Å². The van der Waals surface area contributed by atoms with Crippen LogP contribution in [0.25, 0.3) is 0 Å². The lowest BCUT2D eigenvalue weighted by molar-refractivity contribution is -0.152. The van der Waals surface area contributed by atoms with Crippen LogP contribution < -0.4 is 5.32 Å². The van der Waals surface area contributed by atoms with Crippen molar-refractivity contribution in [3.8, 4) is 0 Å². The standard InChI is InChI=1S/C16H25NO7/c1-4-9(5-8(2)3)12(18)17-16(15(23)24)6-10(13(19)20)11(7-16)14(21)22/h8-11H,4-7H2,1-3H3,(H,17,18)(H,19,20)(H,21,22)(H,23,24)/t9-,10-,11+,16?/m0/s1. The Bertz CT molecular complexity index is 507. The fourth-order valence-corrected chi connectivity index (χ4v) is 3.33. The molecule has 1 unspecified atom stereocenters. The molecule has 4 N–H and O–H groups in total. The Labute approximate surface area is 140 Å². The van der Waals surface area contributed by atoms with Crippen LogP contribution >= 0.6 is 0 Å². The van der Waals surface area contributed by atoms with E-state index in [0.717, 1.165) is 0 Å². The highest BCUT2D eigenvalue weighted by Gasteiger charge is 2.56. The van der Waals surface area contributed by atoms with Crippen LogP contribution in [0.5, 0.6) is 0 Å². The number of aliphatic carboxylic acids is 3. The molecule has 0 spiro atoms. The lowest BCUT2D eigenvalue weighted by atomic mass is 9.90. The fourth-order valence-electron chi connectivity index (χ4n) is 3.33. The zero-order valence-corrected chi connectivity index (χ0v) is 14.1. The van der Waals surface area contributed by atoms with Gasteiger partial charge in [0.05, 0.1) is 11.8 Å². The summed E-state index contributed by atoms with van der Waals surface area (Å²) in [6.07, 6.45) is 0.226. The van der Waals surface area contributed by atoms with Crippen LogP contribution in [0.3, 0.4) is 0 Å². The van der Waals surface area contributed by atoms with Gasteiger partial charge in [0.2, 0.25) is 5.91 Å². The molecule has 1 saturated carbocycles. The summed E-state index contributed by atoms with van der Waals surface area (Å²) in [5.41, 5.74) is -1.85. The maximum Gasteiger partial charge on any atom is 0.329 e. The van der Waals surface area contributed by atoms with Gasteiger partial charge >= 0.3 is 17.9 Å². The van der Waals surface area contributed by atoms with Crippen molar-refractivity contribution in [3.63, 3.8) is 0 Å². The Morgan fingerprint density at radius 2 is 1.50 bits per heavy atom. The van der Waals surface area contributed by atoms with E-state index in [1.54, 1.807) is 0 Å². The normalized spacial score (nSPS) is 27.7. The van der Waals surface area contributed by atoms with Gasteiger partial charge in [-0.15, -0.1) is 0 Å². The number of rotatable bonds is 8. The second kappa shape index (κ2) is 7.63. The first kappa shape index (κ1) is 19.9. The van der Waals surface area contributed by atoms with E-state index in [2.05, 4.69) is 5.32 Å². The third-order valence-electron chi connectivity index (χ3n) is 4.65. The van der Waals surface area contributed by atoms with Gasteiger partial charge in [-0.3, -0.25) is 14.4 Å². The van der Waals surface area contributed by atoms with E-state index in [9.17, 15) is 34.5 Å². The molecule has 0 saturated heterocycles. The lowest BCUT2D eigenvalue weighted by Gasteiger charge is -2.28. The second-order valence-corrected chi connectivity index (χ2v) is 6.91. The number of nitrogens with one attached hydrogen (secondary N) is 1.